The van der Waals surface area contributed by atoms with E-state index < -0.39 is 0 Å². The van der Waals surface area contributed by atoms with Gasteiger partial charge in [-0.25, -0.2) is 0 Å². The fourth-order valence-electron chi connectivity index (χ4n) is 2.34. The van der Waals surface area contributed by atoms with Gasteiger partial charge in [-0.15, -0.1) is 5.10 Å². The summed E-state index contributed by atoms with van der Waals surface area (Å²) in [6, 6.07) is 7.88. The molecule has 21 heavy (non-hydrogen) atoms. The number of aromatic nitrogens is 2. The molecular formula is C17H22ClN3. The molecule has 2 aromatic rings. The Hall–Kier alpha value is -1.61. The van der Waals surface area contributed by atoms with E-state index >= 15 is 0 Å². The van der Waals surface area contributed by atoms with Crippen LogP contribution in [-0.2, 0) is 12.0 Å². The number of aryl methyl sites for hydroxylation is 1. The minimum Gasteiger partial charge on any atom is -0.359 e. The molecule has 3 nitrogen and oxygen atoms in total. The maximum absolute atomic E-state index is 5.96. The number of rotatable bonds is 4. The Balaban J connectivity index is 2.32. The molecule has 1 aromatic carbocycles. The Morgan fingerprint density at radius 2 is 1.67 bits per heavy atom. The van der Waals surface area contributed by atoms with Gasteiger partial charge in [-0.05, 0) is 62.9 Å². The van der Waals surface area contributed by atoms with Crippen molar-refractivity contribution in [2.45, 2.75) is 46.6 Å². The van der Waals surface area contributed by atoms with E-state index in [0.717, 1.165) is 34.1 Å². The first-order valence-corrected chi connectivity index (χ1v) is 7.60. The molecule has 0 spiro atoms. The van der Waals surface area contributed by atoms with Crippen LogP contribution in [0.25, 0.3) is 0 Å². The van der Waals surface area contributed by atoms with Gasteiger partial charge in [0.1, 0.15) is 0 Å². The zero-order valence-electron chi connectivity index (χ0n) is 13.3. The van der Waals surface area contributed by atoms with Crippen LogP contribution in [0.1, 0.15) is 43.2 Å². The van der Waals surface area contributed by atoms with Gasteiger partial charge >= 0.3 is 0 Å². The molecule has 1 aromatic heterocycles. The molecule has 0 aliphatic carbocycles. The molecule has 0 saturated carbocycles. The van der Waals surface area contributed by atoms with Gasteiger partial charge in [0, 0.05) is 5.02 Å². The Bertz CT molecular complexity index is 633. The molecule has 0 bridgehead atoms. The topological polar surface area (TPSA) is 37.8 Å². The Morgan fingerprint density at radius 1 is 1.05 bits per heavy atom. The van der Waals surface area contributed by atoms with Crippen LogP contribution in [0.5, 0.6) is 0 Å². The third kappa shape index (κ3) is 3.35. The highest BCUT2D eigenvalue weighted by atomic mass is 35.5. The zero-order chi connectivity index (χ0) is 15.6. The lowest BCUT2D eigenvalue weighted by atomic mass is 9.94. The Kier molecular flexibility index (Phi) is 4.52. The molecule has 2 rings (SSSR count). The molecule has 1 N–H and O–H groups in total. The van der Waals surface area contributed by atoms with E-state index in [-0.39, 0.29) is 5.54 Å². The van der Waals surface area contributed by atoms with Crippen molar-refractivity contribution in [1.29, 1.82) is 0 Å². The minimum absolute atomic E-state index is 0.246. The summed E-state index contributed by atoms with van der Waals surface area (Å²) in [5, 5.41) is 12.9. The van der Waals surface area contributed by atoms with E-state index in [1.807, 2.05) is 24.3 Å². The van der Waals surface area contributed by atoms with Crippen LogP contribution in [0, 0.1) is 13.8 Å². The molecule has 4 heteroatoms. The van der Waals surface area contributed by atoms with Gasteiger partial charge in [0.05, 0.1) is 11.2 Å². The van der Waals surface area contributed by atoms with Crippen molar-refractivity contribution in [3.63, 3.8) is 0 Å². The number of benzene rings is 1. The number of hydrogen-bond donors (Lipinski definition) is 1. The van der Waals surface area contributed by atoms with E-state index in [1.165, 1.54) is 5.56 Å². The predicted molar refractivity (Wildman–Crippen MR) is 89.0 cm³/mol. The summed E-state index contributed by atoms with van der Waals surface area (Å²) in [6.45, 7) is 10.5. The Labute approximate surface area is 131 Å². The molecule has 0 atom stereocenters. The van der Waals surface area contributed by atoms with Crippen LogP contribution in [-0.4, -0.2) is 10.2 Å². The molecule has 112 valence electrons. The van der Waals surface area contributed by atoms with Crippen molar-refractivity contribution in [3.8, 4) is 0 Å². The van der Waals surface area contributed by atoms with Gasteiger partial charge < -0.3 is 5.32 Å². The smallest absolute Gasteiger partial charge is 0.152 e. The molecule has 1 heterocycles. The first kappa shape index (κ1) is 15.8. The quantitative estimate of drug-likeness (QED) is 0.893. The lowest BCUT2D eigenvalue weighted by Crippen LogP contribution is -2.29. The lowest BCUT2D eigenvalue weighted by molar-refractivity contribution is 0.602. The number of hydrogen-bond acceptors (Lipinski definition) is 3. The minimum atomic E-state index is -0.246. The van der Waals surface area contributed by atoms with Crippen LogP contribution in [0.4, 0.5) is 5.82 Å². The lowest BCUT2D eigenvalue weighted by Gasteiger charge is -2.28. The highest BCUT2D eigenvalue weighted by Gasteiger charge is 2.22. The summed E-state index contributed by atoms with van der Waals surface area (Å²) in [5.41, 5.74) is 4.34. The highest BCUT2D eigenvalue weighted by Crippen LogP contribution is 2.28. The summed E-state index contributed by atoms with van der Waals surface area (Å²) in [6.07, 6.45) is 0.903. The second kappa shape index (κ2) is 6.02. The number of nitrogens with one attached hydrogen (secondary N) is 1. The van der Waals surface area contributed by atoms with Crippen LogP contribution >= 0.6 is 11.6 Å². The van der Waals surface area contributed by atoms with Gasteiger partial charge in [0.25, 0.3) is 0 Å². The number of anilines is 1. The van der Waals surface area contributed by atoms with Gasteiger partial charge in [-0.3, -0.25) is 0 Å². The summed E-state index contributed by atoms with van der Waals surface area (Å²) >= 11 is 5.96. The third-order valence-corrected chi connectivity index (χ3v) is 4.20. The maximum atomic E-state index is 5.96. The van der Waals surface area contributed by atoms with Crippen molar-refractivity contribution in [2.24, 2.45) is 0 Å². The molecule has 0 amide bonds. The first-order chi connectivity index (χ1) is 9.85. The van der Waals surface area contributed by atoms with Gasteiger partial charge in [0.15, 0.2) is 5.82 Å². The van der Waals surface area contributed by atoms with Gasteiger partial charge in [0.2, 0.25) is 0 Å². The fourth-order valence-corrected chi connectivity index (χ4v) is 2.47. The Morgan fingerprint density at radius 3 is 2.24 bits per heavy atom. The monoisotopic (exact) mass is 303 g/mol. The van der Waals surface area contributed by atoms with E-state index in [0.29, 0.717) is 0 Å². The van der Waals surface area contributed by atoms with Crippen molar-refractivity contribution in [3.05, 3.63) is 51.7 Å². The predicted octanol–water partition coefficient (Wildman–Crippen LogP) is 4.66. The van der Waals surface area contributed by atoms with Crippen LogP contribution in [0.2, 0.25) is 5.02 Å². The number of nitrogens with zero attached hydrogens (tertiary/aromatic N) is 2. The molecular weight excluding hydrogens is 282 g/mol. The standard InChI is InChI=1S/C17H22ClN3/c1-6-15-11(2)12(3)16(21-20-15)19-17(4,5)13-7-9-14(18)10-8-13/h7-10H,6H2,1-5H3,(H,19,21). The summed E-state index contributed by atoms with van der Waals surface area (Å²) in [7, 11) is 0. The van der Waals surface area contributed by atoms with Gasteiger partial charge in [-0.2, -0.15) is 5.10 Å². The van der Waals surface area contributed by atoms with E-state index in [2.05, 4.69) is 50.1 Å². The number of halogens is 1. The maximum Gasteiger partial charge on any atom is 0.152 e. The van der Waals surface area contributed by atoms with E-state index in [9.17, 15) is 0 Å². The SMILES string of the molecule is CCc1nnc(NC(C)(C)c2ccc(Cl)cc2)c(C)c1C. The molecule has 0 aliphatic heterocycles. The van der Waals surface area contributed by atoms with Crippen LogP contribution in [0.15, 0.2) is 24.3 Å². The second-order valence-electron chi connectivity index (χ2n) is 5.86. The van der Waals surface area contributed by atoms with Crippen molar-refractivity contribution < 1.29 is 0 Å². The molecule has 0 saturated heterocycles. The summed E-state index contributed by atoms with van der Waals surface area (Å²) < 4.78 is 0. The van der Waals surface area contributed by atoms with Crippen molar-refractivity contribution in [2.75, 3.05) is 5.32 Å². The fraction of sp³-hybridized carbons (Fsp3) is 0.412. The first-order valence-electron chi connectivity index (χ1n) is 7.22. The third-order valence-electron chi connectivity index (χ3n) is 3.95. The molecule has 0 aliphatic rings. The molecule has 0 radical (unpaired) electrons. The zero-order valence-corrected chi connectivity index (χ0v) is 14.0. The second-order valence-corrected chi connectivity index (χ2v) is 6.29. The van der Waals surface area contributed by atoms with E-state index in [1.54, 1.807) is 0 Å². The van der Waals surface area contributed by atoms with E-state index in [4.69, 9.17) is 11.6 Å². The van der Waals surface area contributed by atoms with Crippen molar-refractivity contribution in [1.82, 2.24) is 10.2 Å². The molecule has 0 unspecified atom stereocenters. The van der Waals surface area contributed by atoms with Gasteiger partial charge in [-0.1, -0.05) is 30.7 Å². The normalized spacial score (nSPS) is 11.5. The highest BCUT2D eigenvalue weighted by molar-refractivity contribution is 6.30. The largest absolute Gasteiger partial charge is 0.359 e. The van der Waals surface area contributed by atoms with Crippen LogP contribution in [0.3, 0.4) is 0 Å². The van der Waals surface area contributed by atoms with Crippen LogP contribution < -0.4 is 5.32 Å². The average molecular weight is 304 g/mol. The van der Waals surface area contributed by atoms with Crippen molar-refractivity contribution >= 4 is 17.4 Å². The summed E-state index contributed by atoms with van der Waals surface area (Å²) in [4.78, 5) is 0. The summed E-state index contributed by atoms with van der Waals surface area (Å²) in [5.74, 6) is 0.838. The average Bonchev–Trinajstić information content (AvgIpc) is 2.44. The molecule has 0 fully saturated rings.